The van der Waals surface area contributed by atoms with Crippen LogP contribution in [0.25, 0.3) is 10.9 Å². The molecule has 4 rings (SSSR count). The van der Waals surface area contributed by atoms with Crippen molar-refractivity contribution in [1.29, 1.82) is 0 Å². The highest BCUT2D eigenvalue weighted by molar-refractivity contribution is 5.80. The summed E-state index contributed by atoms with van der Waals surface area (Å²) in [6, 6.07) is 29.6. The lowest BCUT2D eigenvalue weighted by atomic mass is 9.79. The van der Waals surface area contributed by atoms with E-state index in [1.165, 1.54) is 6.92 Å². The van der Waals surface area contributed by atoms with Gasteiger partial charge in [0.2, 0.25) is 0 Å². The molecule has 3 heteroatoms. The molecule has 0 fully saturated rings. The van der Waals surface area contributed by atoms with Gasteiger partial charge in [0.05, 0.1) is 5.52 Å². The Balaban J connectivity index is 2.05. The van der Waals surface area contributed by atoms with Gasteiger partial charge in [0.1, 0.15) is 0 Å². The second-order valence-electron chi connectivity index (χ2n) is 6.42. The third kappa shape index (κ3) is 3.08. The molecule has 0 aliphatic rings. The van der Waals surface area contributed by atoms with Crippen molar-refractivity contribution in [3.8, 4) is 0 Å². The van der Waals surface area contributed by atoms with Crippen LogP contribution in [0.5, 0.6) is 0 Å². The first kappa shape index (κ1) is 17.0. The van der Waals surface area contributed by atoms with Crippen LogP contribution in [0.3, 0.4) is 0 Å². The molecule has 3 aromatic carbocycles. The van der Waals surface area contributed by atoms with Crippen molar-refractivity contribution >= 4 is 16.9 Å². The molecule has 0 amide bonds. The standard InChI is InChI=1S/C24H19NO2/c1-18(26)27-24(20-10-4-2-5-11-20,21-12-6-3-7-13-21)22-15-14-19-9-8-16-25-23(19)17-22/h2-17H,1H3. The number of aromatic nitrogens is 1. The largest absolute Gasteiger partial charge is 0.444 e. The molecule has 0 saturated heterocycles. The Hall–Kier alpha value is -3.46. The van der Waals surface area contributed by atoms with Crippen molar-refractivity contribution < 1.29 is 9.53 Å². The van der Waals surface area contributed by atoms with Crippen molar-refractivity contribution in [3.05, 3.63) is 114 Å². The van der Waals surface area contributed by atoms with Crippen LogP contribution >= 0.6 is 0 Å². The fraction of sp³-hybridized carbons (Fsp3) is 0.0833. The minimum Gasteiger partial charge on any atom is -0.444 e. The van der Waals surface area contributed by atoms with E-state index >= 15 is 0 Å². The lowest BCUT2D eigenvalue weighted by molar-refractivity contribution is -0.150. The zero-order chi connectivity index (χ0) is 18.7. The molecule has 1 aromatic heterocycles. The SMILES string of the molecule is CC(=O)OC(c1ccccc1)(c1ccccc1)c1ccc2cccnc2c1. The first-order valence-electron chi connectivity index (χ1n) is 8.86. The van der Waals surface area contributed by atoms with Gasteiger partial charge in [-0.15, -0.1) is 0 Å². The van der Waals surface area contributed by atoms with Crippen LogP contribution in [0.4, 0.5) is 0 Å². The summed E-state index contributed by atoms with van der Waals surface area (Å²) < 4.78 is 6.08. The normalized spacial score (nSPS) is 11.3. The van der Waals surface area contributed by atoms with Gasteiger partial charge in [0.15, 0.2) is 5.60 Å². The number of hydrogen-bond donors (Lipinski definition) is 0. The fourth-order valence-electron chi connectivity index (χ4n) is 3.52. The van der Waals surface area contributed by atoms with Crippen molar-refractivity contribution in [2.24, 2.45) is 0 Å². The van der Waals surface area contributed by atoms with Crippen LogP contribution in [0, 0.1) is 0 Å². The van der Waals surface area contributed by atoms with E-state index in [-0.39, 0.29) is 5.97 Å². The summed E-state index contributed by atoms with van der Waals surface area (Å²) in [4.78, 5) is 16.7. The molecule has 0 atom stereocenters. The molecule has 132 valence electrons. The zero-order valence-corrected chi connectivity index (χ0v) is 15.0. The molecule has 0 radical (unpaired) electrons. The van der Waals surface area contributed by atoms with Crippen molar-refractivity contribution in [2.75, 3.05) is 0 Å². The van der Waals surface area contributed by atoms with Gasteiger partial charge in [0.25, 0.3) is 0 Å². The molecule has 0 aliphatic carbocycles. The smallest absolute Gasteiger partial charge is 0.304 e. The van der Waals surface area contributed by atoms with E-state index in [0.29, 0.717) is 0 Å². The molecule has 3 nitrogen and oxygen atoms in total. The Labute approximate surface area is 158 Å². The summed E-state index contributed by atoms with van der Waals surface area (Å²) in [7, 11) is 0. The van der Waals surface area contributed by atoms with Gasteiger partial charge in [-0.25, -0.2) is 0 Å². The van der Waals surface area contributed by atoms with Gasteiger partial charge >= 0.3 is 5.97 Å². The minimum absolute atomic E-state index is 0.344. The lowest BCUT2D eigenvalue weighted by Crippen LogP contribution is -2.34. The Kier molecular flexibility index (Phi) is 4.43. The second kappa shape index (κ2) is 7.04. The number of carbonyl (C=O) groups excluding carboxylic acids is 1. The van der Waals surface area contributed by atoms with Crippen LogP contribution in [0.1, 0.15) is 23.6 Å². The molecule has 1 heterocycles. The van der Waals surface area contributed by atoms with E-state index in [1.807, 2.05) is 91.0 Å². The third-order valence-corrected chi connectivity index (χ3v) is 4.67. The minimum atomic E-state index is -1.04. The van der Waals surface area contributed by atoms with E-state index in [4.69, 9.17) is 4.74 Å². The Bertz CT molecular complexity index is 1040. The zero-order valence-electron chi connectivity index (χ0n) is 15.0. The molecule has 27 heavy (non-hydrogen) atoms. The summed E-state index contributed by atoms with van der Waals surface area (Å²) in [5, 5.41) is 1.04. The number of fused-ring (bicyclic) bond motifs is 1. The van der Waals surface area contributed by atoms with E-state index in [2.05, 4.69) is 4.98 Å². The molecule has 0 saturated carbocycles. The van der Waals surface area contributed by atoms with Gasteiger partial charge < -0.3 is 4.74 Å². The maximum Gasteiger partial charge on any atom is 0.304 e. The van der Waals surface area contributed by atoms with E-state index in [0.717, 1.165) is 27.6 Å². The number of nitrogens with zero attached hydrogens (tertiary/aromatic N) is 1. The first-order chi connectivity index (χ1) is 13.2. The van der Waals surface area contributed by atoms with Gasteiger partial charge in [-0.2, -0.15) is 0 Å². The van der Waals surface area contributed by atoms with E-state index < -0.39 is 5.60 Å². The molecule has 0 N–H and O–H groups in total. The number of hydrogen-bond acceptors (Lipinski definition) is 3. The predicted molar refractivity (Wildman–Crippen MR) is 106 cm³/mol. The highest BCUT2D eigenvalue weighted by Gasteiger charge is 2.40. The molecule has 0 spiro atoms. The number of ether oxygens (including phenoxy) is 1. The quantitative estimate of drug-likeness (QED) is 0.379. The Morgan fingerprint density at radius 2 is 1.41 bits per heavy atom. The fourth-order valence-corrected chi connectivity index (χ4v) is 3.52. The maximum absolute atomic E-state index is 12.2. The lowest BCUT2D eigenvalue weighted by Gasteiger charge is -2.35. The summed E-state index contributed by atoms with van der Waals surface area (Å²) in [5.74, 6) is -0.344. The molecule has 0 aliphatic heterocycles. The van der Waals surface area contributed by atoms with E-state index in [1.54, 1.807) is 6.20 Å². The number of pyridine rings is 1. The average Bonchev–Trinajstić information content (AvgIpc) is 2.73. The first-order valence-corrected chi connectivity index (χ1v) is 8.86. The van der Waals surface area contributed by atoms with Gasteiger partial charge in [0, 0.05) is 35.2 Å². The molecule has 0 unspecified atom stereocenters. The Morgan fingerprint density at radius 3 is 2.00 bits per heavy atom. The summed E-state index contributed by atoms with van der Waals surface area (Å²) in [5.41, 5.74) is 2.46. The predicted octanol–water partition coefficient (Wildman–Crippen LogP) is 5.09. The second-order valence-corrected chi connectivity index (χ2v) is 6.42. The topological polar surface area (TPSA) is 39.2 Å². The van der Waals surface area contributed by atoms with Crippen LogP contribution < -0.4 is 0 Å². The Morgan fingerprint density at radius 1 is 0.778 bits per heavy atom. The van der Waals surface area contributed by atoms with E-state index in [9.17, 15) is 4.79 Å². The van der Waals surface area contributed by atoms with Crippen LogP contribution in [0.15, 0.2) is 97.2 Å². The van der Waals surface area contributed by atoms with Crippen molar-refractivity contribution in [2.45, 2.75) is 12.5 Å². The number of carbonyl (C=O) groups is 1. The van der Waals surface area contributed by atoms with Gasteiger partial charge in [-0.3, -0.25) is 9.78 Å². The van der Waals surface area contributed by atoms with Crippen LogP contribution in [-0.4, -0.2) is 11.0 Å². The van der Waals surface area contributed by atoms with Crippen molar-refractivity contribution in [1.82, 2.24) is 4.98 Å². The third-order valence-electron chi connectivity index (χ3n) is 4.67. The average molecular weight is 353 g/mol. The van der Waals surface area contributed by atoms with Gasteiger partial charge in [-0.05, 0) is 12.1 Å². The summed E-state index contributed by atoms with van der Waals surface area (Å²) >= 11 is 0. The van der Waals surface area contributed by atoms with Crippen LogP contribution in [-0.2, 0) is 15.1 Å². The number of benzene rings is 3. The number of rotatable bonds is 4. The highest BCUT2D eigenvalue weighted by Crippen LogP contribution is 2.41. The molecular weight excluding hydrogens is 334 g/mol. The molecule has 4 aromatic rings. The summed E-state index contributed by atoms with van der Waals surface area (Å²) in [6.07, 6.45) is 1.77. The molecular formula is C24H19NO2. The van der Waals surface area contributed by atoms with Crippen LogP contribution in [0.2, 0.25) is 0 Å². The highest BCUT2D eigenvalue weighted by atomic mass is 16.6. The monoisotopic (exact) mass is 353 g/mol. The molecule has 0 bridgehead atoms. The van der Waals surface area contributed by atoms with Crippen molar-refractivity contribution in [3.63, 3.8) is 0 Å². The van der Waals surface area contributed by atoms with Gasteiger partial charge in [-0.1, -0.05) is 78.9 Å². The summed E-state index contributed by atoms with van der Waals surface area (Å²) in [6.45, 7) is 1.44. The maximum atomic E-state index is 12.2. The number of esters is 1.